The highest BCUT2D eigenvalue weighted by Crippen LogP contribution is 2.22. The second kappa shape index (κ2) is 6.30. The fourth-order valence-electron chi connectivity index (χ4n) is 1.95. The van der Waals surface area contributed by atoms with Crippen molar-refractivity contribution in [3.8, 4) is 0 Å². The molecule has 0 bridgehead atoms. The zero-order valence-electron chi connectivity index (χ0n) is 9.89. The molecule has 4 heteroatoms. The molecule has 1 aliphatic rings. The first-order valence-corrected chi connectivity index (χ1v) is 7.14. The van der Waals surface area contributed by atoms with Crippen LogP contribution in [0.3, 0.4) is 0 Å². The molecule has 2 heterocycles. The summed E-state index contributed by atoms with van der Waals surface area (Å²) in [6, 6.07) is 0. The molecule has 1 fully saturated rings. The number of hydrogen-bond acceptors (Lipinski definition) is 3. The van der Waals surface area contributed by atoms with Crippen molar-refractivity contribution in [1.82, 2.24) is 9.55 Å². The van der Waals surface area contributed by atoms with Gasteiger partial charge in [-0.2, -0.15) is 0 Å². The summed E-state index contributed by atoms with van der Waals surface area (Å²) < 4.78 is 7.95. The highest BCUT2D eigenvalue weighted by Gasteiger charge is 2.15. The predicted octanol–water partition coefficient (Wildman–Crippen LogP) is 2.95. The Morgan fingerprint density at radius 3 is 3.25 bits per heavy atom. The van der Waals surface area contributed by atoms with Crippen LogP contribution in [0.1, 0.15) is 32.6 Å². The zero-order valence-corrected chi connectivity index (χ0v) is 10.7. The van der Waals surface area contributed by atoms with Crippen LogP contribution in [0.15, 0.2) is 17.6 Å². The van der Waals surface area contributed by atoms with Gasteiger partial charge in [-0.05, 0) is 25.7 Å². The highest BCUT2D eigenvalue weighted by molar-refractivity contribution is 7.99. The van der Waals surface area contributed by atoms with Gasteiger partial charge in [0.1, 0.15) is 0 Å². The molecule has 0 spiro atoms. The first-order valence-electron chi connectivity index (χ1n) is 6.15. The summed E-state index contributed by atoms with van der Waals surface area (Å²) in [6.45, 7) is 4.20. The molecule has 0 aliphatic carbocycles. The van der Waals surface area contributed by atoms with Gasteiger partial charge in [0, 0.05) is 31.3 Å². The SMILES string of the molecule is CCCn1ccnc1SCC1CCCCO1. The van der Waals surface area contributed by atoms with Crippen LogP contribution < -0.4 is 0 Å². The van der Waals surface area contributed by atoms with Crippen molar-refractivity contribution in [1.29, 1.82) is 0 Å². The molecule has 1 atom stereocenters. The van der Waals surface area contributed by atoms with Crippen LogP contribution in [-0.4, -0.2) is 28.0 Å². The van der Waals surface area contributed by atoms with Crippen LogP contribution >= 0.6 is 11.8 Å². The number of thioether (sulfide) groups is 1. The van der Waals surface area contributed by atoms with Gasteiger partial charge in [-0.3, -0.25) is 0 Å². The van der Waals surface area contributed by atoms with Crippen molar-refractivity contribution in [3.05, 3.63) is 12.4 Å². The maximum atomic E-state index is 5.72. The van der Waals surface area contributed by atoms with Crippen molar-refractivity contribution < 1.29 is 4.74 Å². The van der Waals surface area contributed by atoms with Crippen LogP contribution in [0, 0.1) is 0 Å². The topological polar surface area (TPSA) is 27.1 Å². The Kier molecular flexibility index (Phi) is 4.72. The third kappa shape index (κ3) is 3.25. The summed E-state index contributed by atoms with van der Waals surface area (Å²) in [7, 11) is 0. The molecule has 3 nitrogen and oxygen atoms in total. The number of imidazole rings is 1. The fraction of sp³-hybridized carbons (Fsp3) is 0.750. The van der Waals surface area contributed by atoms with Crippen LogP contribution in [-0.2, 0) is 11.3 Å². The molecule has 0 N–H and O–H groups in total. The van der Waals surface area contributed by atoms with Crippen molar-refractivity contribution in [3.63, 3.8) is 0 Å². The first kappa shape index (κ1) is 12.0. The molecule has 0 saturated carbocycles. The molecule has 1 saturated heterocycles. The molecule has 90 valence electrons. The van der Waals surface area contributed by atoms with Crippen LogP contribution in [0.5, 0.6) is 0 Å². The van der Waals surface area contributed by atoms with Gasteiger partial charge in [-0.15, -0.1) is 0 Å². The molecule has 2 rings (SSSR count). The monoisotopic (exact) mass is 240 g/mol. The summed E-state index contributed by atoms with van der Waals surface area (Å²) in [5.74, 6) is 1.04. The van der Waals surface area contributed by atoms with E-state index in [1.54, 1.807) is 0 Å². The Morgan fingerprint density at radius 2 is 2.50 bits per heavy atom. The molecule has 0 aromatic carbocycles. The van der Waals surface area contributed by atoms with E-state index in [1.165, 1.54) is 19.3 Å². The number of aryl methyl sites for hydroxylation is 1. The van der Waals surface area contributed by atoms with E-state index in [0.29, 0.717) is 6.10 Å². The lowest BCUT2D eigenvalue weighted by atomic mass is 10.1. The van der Waals surface area contributed by atoms with Crippen molar-refractivity contribution in [2.45, 2.75) is 50.4 Å². The highest BCUT2D eigenvalue weighted by atomic mass is 32.2. The van der Waals surface area contributed by atoms with E-state index in [4.69, 9.17) is 4.74 Å². The van der Waals surface area contributed by atoms with Gasteiger partial charge < -0.3 is 9.30 Å². The number of hydrogen-bond donors (Lipinski definition) is 0. The van der Waals surface area contributed by atoms with Gasteiger partial charge in [-0.1, -0.05) is 18.7 Å². The first-order chi connectivity index (χ1) is 7.90. The Bertz CT molecular complexity index is 308. The number of rotatable bonds is 5. The average molecular weight is 240 g/mol. The second-order valence-corrected chi connectivity index (χ2v) is 5.19. The summed E-state index contributed by atoms with van der Waals surface area (Å²) in [5, 5.41) is 1.14. The van der Waals surface area contributed by atoms with Crippen molar-refractivity contribution in [2.75, 3.05) is 12.4 Å². The zero-order chi connectivity index (χ0) is 11.2. The van der Waals surface area contributed by atoms with Crippen LogP contribution in [0.2, 0.25) is 0 Å². The maximum absolute atomic E-state index is 5.72. The molecule has 16 heavy (non-hydrogen) atoms. The summed E-state index contributed by atoms with van der Waals surface area (Å²) in [5.41, 5.74) is 0. The van der Waals surface area contributed by atoms with E-state index < -0.39 is 0 Å². The van der Waals surface area contributed by atoms with Gasteiger partial charge >= 0.3 is 0 Å². The molecule has 1 aliphatic heterocycles. The van der Waals surface area contributed by atoms with E-state index in [-0.39, 0.29) is 0 Å². The second-order valence-electron chi connectivity index (χ2n) is 4.20. The number of aromatic nitrogens is 2. The summed E-state index contributed by atoms with van der Waals surface area (Å²) in [6.07, 6.45) is 9.30. The van der Waals surface area contributed by atoms with Crippen molar-refractivity contribution in [2.24, 2.45) is 0 Å². The minimum absolute atomic E-state index is 0.436. The summed E-state index contributed by atoms with van der Waals surface area (Å²) in [4.78, 5) is 4.39. The van der Waals surface area contributed by atoms with Gasteiger partial charge in [0.2, 0.25) is 0 Å². The number of nitrogens with zero attached hydrogens (tertiary/aromatic N) is 2. The molecular formula is C12H20N2OS. The van der Waals surface area contributed by atoms with Gasteiger partial charge in [0.05, 0.1) is 6.10 Å². The molecule has 1 aromatic rings. The van der Waals surface area contributed by atoms with Crippen molar-refractivity contribution >= 4 is 11.8 Å². The Balaban J connectivity index is 1.81. The smallest absolute Gasteiger partial charge is 0.168 e. The molecule has 1 aromatic heterocycles. The normalized spacial score (nSPS) is 21.2. The van der Waals surface area contributed by atoms with E-state index in [0.717, 1.165) is 30.5 Å². The lowest BCUT2D eigenvalue weighted by Crippen LogP contribution is -2.21. The molecule has 1 unspecified atom stereocenters. The third-order valence-electron chi connectivity index (χ3n) is 2.81. The van der Waals surface area contributed by atoms with E-state index in [1.807, 2.05) is 18.0 Å². The van der Waals surface area contributed by atoms with Gasteiger partial charge in [-0.25, -0.2) is 4.98 Å². The minimum Gasteiger partial charge on any atom is -0.377 e. The molecule has 0 amide bonds. The maximum Gasteiger partial charge on any atom is 0.168 e. The lowest BCUT2D eigenvalue weighted by molar-refractivity contribution is 0.0315. The number of ether oxygens (including phenoxy) is 1. The Morgan fingerprint density at radius 1 is 1.56 bits per heavy atom. The minimum atomic E-state index is 0.436. The van der Waals surface area contributed by atoms with Crippen LogP contribution in [0.4, 0.5) is 0 Å². The summed E-state index contributed by atoms with van der Waals surface area (Å²) >= 11 is 1.83. The fourth-order valence-corrected chi connectivity index (χ4v) is 3.00. The average Bonchev–Trinajstić information content (AvgIpc) is 2.76. The van der Waals surface area contributed by atoms with Gasteiger partial charge in [0.15, 0.2) is 5.16 Å². The van der Waals surface area contributed by atoms with E-state index in [9.17, 15) is 0 Å². The molecular weight excluding hydrogens is 220 g/mol. The third-order valence-corrected chi connectivity index (χ3v) is 3.95. The lowest BCUT2D eigenvalue weighted by Gasteiger charge is -2.21. The van der Waals surface area contributed by atoms with Crippen LogP contribution in [0.25, 0.3) is 0 Å². The standard InChI is InChI=1S/C12H20N2OS/c1-2-7-14-8-6-13-12(14)16-10-11-5-3-4-9-15-11/h6,8,11H,2-5,7,9-10H2,1H3. The Labute approximate surface area is 102 Å². The van der Waals surface area contributed by atoms with E-state index in [2.05, 4.69) is 22.7 Å². The molecule has 0 radical (unpaired) electrons. The Hall–Kier alpha value is -0.480. The predicted molar refractivity (Wildman–Crippen MR) is 66.8 cm³/mol. The van der Waals surface area contributed by atoms with Gasteiger partial charge in [0.25, 0.3) is 0 Å². The quantitative estimate of drug-likeness (QED) is 0.740. The van der Waals surface area contributed by atoms with E-state index >= 15 is 0 Å². The largest absolute Gasteiger partial charge is 0.377 e.